The van der Waals surface area contributed by atoms with Gasteiger partial charge in [-0.05, 0) is 46.9 Å². The molecule has 0 radical (unpaired) electrons. The van der Waals surface area contributed by atoms with E-state index >= 15 is 0 Å². The number of benzene rings is 3. The Balaban J connectivity index is 1.92. The van der Waals surface area contributed by atoms with Gasteiger partial charge in [0.15, 0.2) is 0 Å². The molecule has 1 heterocycles. The molecule has 0 aliphatic heterocycles. The van der Waals surface area contributed by atoms with Gasteiger partial charge < -0.3 is 0 Å². The molecular weight excluding hydrogens is 290 g/mol. The van der Waals surface area contributed by atoms with Gasteiger partial charge >= 0.3 is 0 Å². The van der Waals surface area contributed by atoms with Gasteiger partial charge in [0.1, 0.15) is 0 Å². The summed E-state index contributed by atoms with van der Waals surface area (Å²) in [6, 6.07) is 23.7. The second-order valence-electron chi connectivity index (χ2n) is 6.50. The van der Waals surface area contributed by atoms with E-state index in [0.29, 0.717) is 0 Å². The van der Waals surface area contributed by atoms with Crippen molar-refractivity contribution in [1.29, 1.82) is 0 Å². The first-order chi connectivity index (χ1) is 11.8. The Morgan fingerprint density at radius 1 is 0.667 bits per heavy atom. The van der Waals surface area contributed by atoms with Crippen LogP contribution in [0.15, 0.2) is 66.7 Å². The quantitative estimate of drug-likeness (QED) is 0.361. The number of aromatic nitrogens is 1. The number of hydrogen-bond donors (Lipinski definition) is 0. The normalized spacial score (nSPS) is 11.8. The van der Waals surface area contributed by atoms with Crippen LogP contribution in [0.1, 0.15) is 11.3 Å². The highest BCUT2D eigenvalue weighted by atomic mass is 14.7. The predicted octanol–water partition coefficient (Wildman–Crippen LogP) is 6.17. The number of nitrogens with zero attached hydrogens (tertiary/aromatic N) is 1. The van der Waals surface area contributed by atoms with Crippen molar-refractivity contribution in [3.63, 3.8) is 0 Å². The van der Waals surface area contributed by atoms with Crippen LogP contribution >= 0.6 is 0 Å². The minimum Gasteiger partial charge on any atom is -0.252 e. The fourth-order valence-corrected chi connectivity index (χ4v) is 4.10. The molecular formula is C23H17N. The lowest BCUT2D eigenvalue weighted by atomic mass is 9.94. The molecule has 0 amide bonds. The zero-order valence-electron chi connectivity index (χ0n) is 13.8. The Hall–Kier alpha value is -2.93. The fraction of sp³-hybridized carbons (Fsp3) is 0.0870. The Morgan fingerprint density at radius 2 is 1.33 bits per heavy atom. The standard InChI is InChI=1S/C23H17N/c1-14-20-18-12-6-10-16-11-7-13-19(22(16)18)21(20)15(2)24-23(14)17-8-4-3-5-9-17/h3-13H,1-2H3. The molecule has 4 aromatic rings. The molecule has 1 aliphatic carbocycles. The molecule has 0 atom stereocenters. The third-order valence-electron chi connectivity index (χ3n) is 5.11. The van der Waals surface area contributed by atoms with Gasteiger partial charge in [-0.15, -0.1) is 0 Å². The maximum atomic E-state index is 4.98. The Labute approximate surface area is 141 Å². The summed E-state index contributed by atoms with van der Waals surface area (Å²) in [5.41, 5.74) is 9.99. The van der Waals surface area contributed by atoms with E-state index in [1.807, 2.05) is 0 Å². The maximum Gasteiger partial charge on any atom is 0.0740 e. The third kappa shape index (κ3) is 1.67. The topological polar surface area (TPSA) is 12.9 Å². The average molecular weight is 307 g/mol. The zero-order chi connectivity index (χ0) is 16.3. The largest absolute Gasteiger partial charge is 0.252 e. The van der Waals surface area contributed by atoms with Crippen molar-refractivity contribution >= 4 is 10.8 Å². The Kier molecular flexibility index (Phi) is 2.69. The van der Waals surface area contributed by atoms with E-state index in [1.54, 1.807) is 0 Å². The lowest BCUT2D eigenvalue weighted by Gasteiger charge is -2.14. The fourth-order valence-electron chi connectivity index (χ4n) is 4.10. The smallest absolute Gasteiger partial charge is 0.0740 e. The van der Waals surface area contributed by atoms with Gasteiger partial charge in [-0.25, -0.2) is 0 Å². The summed E-state index contributed by atoms with van der Waals surface area (Å²) >= 11 is 0. The molecule has 0 fully saturated rings. The van der Waals surface area contributed by atoms with Crippen LogP contribution in [0.2, 0.25) is 0 Å². The molecule has 0 spiro atoms. The lowest BCUT2D eigenvalue weighted by Crippen LogP contribution is -1.96. The highest BCUT2D eigenvalue weighted by molar-refractivity contribution is 6.16. The van der Waals surface area contributed by atoms with Crippen LogP contribution in [0.25, 0.3) is 44.3 Å². The van der Waals surface area contributed by atoms with Gasteiger partial charge in [0.2, 0.25) is 0 Å². The first-order valence-electron chi connectivity index (χ1n) is 8.35. The van der Waals surface area contributed by atoms with Gasteiger partial charge in [0.25, 0.3) is 0 Å². The predicted molar refractivity (Wildman–Crippen MR) is 101 cm³/mol. The number of hydrogen-bond acceptors (Lipinski definition) is 1. The summed E-state index contributed by atoms with van der Waals surface area (Å²) < 4.78 is 0. The molecule has 0 saturated carbocycles. The van der Waals surface area contributed by atoms with E-state index in [-0.39, 0.29) is 0 Å². The van der Waals surface area contributed by atoms with Crippen LogP contribution in [0.4, 0.5) is 0 Å². The van der Waals surface area contributed by atoms with Gasteiger partial charge in [-0.2, -0.15) is 0 Å². The van der Waals surface area contributed by atoms with Gasteiger partial charge in [0.05, 0.1) is 5.69 Å². The van der Waals surface area contributed by atoms with E-state index in [4.69, 9.17) is 4.98 Å². The lowest BCUT2D eigenvalue weighted by molar-refractivity contribution is 1.19. The van der Waals surface area contributed by atoms with Crippen molar-refractivity contribution < 1.29 is 0 Å². The highest BCUT2D eigenvalue weighted by Crippen LogP contribution is 2.50. The summed E-state index contributed by atoms with van der Waals surface area (Å²) in [5.74, 6) is 0. The summed E-state index contributed by atoms with van der Waals surface area (Å²) in [4.78, 5) is 4.98. The van der Waals surface area contributed by atoms with Crippen molar-refractivity contribution in [2.75, 3.05) is 0 Å². The van der Waals surface area contributed by atoms with Gasteiger partial charge in [0, 0.05) is 16.8 Å². The van der Waals surface area contributed by atoms with Crippen LogP contribution in [-0.2, 0) is 0 Å². The van der Waals surface area contributed by atoms with Gasteiger partial charge in [-0.3, -0.25) is 4.98 Å². The second-order valence-corrected chi connectivity index (χ2v) is 6.50. The molecule has 24 heavy (non-hydrogen) atoms. The highest BCUT2D eigenvalue weighted by Gasteiger charge is 2.26. The Bertz CT molecular complexity index is 1100. The van der Waals surface area contributed by atoms with Crippen LogP contribution in [0.5, 0.6) is 0 Å². The van der Waals surface area contributed by atoms with E-state index in [1.165, 1.54) is 44.2 Å². The first-order valence-corrected chi connectivity index (χ1v) is 8.35. The summed E-state index contributed by atoms with van der Waals surface area (Å²) in [6.45, 7) is 4.34. The maximum absolute atomic E-state index is 4.98. The van der Waals surface area contributed by atoms with E-state index in [2.05, 4.69) is 80.6 Å². The van der Waals surface area contributed by atoms with Crippen molar-refractivity contribution in [3.8, 4) is 33.5 Å². The monoisotopic (exact) mass is 307 g/mol. The molecule has 0 bridgehead atoms. The van der Waals surface area contributed by atoms with Crippen molar-refractivity contribution in [1.82, 2.24) is 4.98 Å². The molecule has 1 nitrogen and oxygen atoms in total. The molecule has 1 aliphatic rings. The molecule has 1 aromatic heterocycles. The van der Waals surface area contributed by atoms with Crippen molar-refractivity contribution in [3.05, 3.63) is 78.0 Å². The number of aryl methyl sites for hydroxylation is 1. The molecule has 0 unspecified atom stereocenters. The van der Waals surface area contributed by atoms with Crippen LogP contribution in [0.3, 0.4) is 0 Å². The molecule has 114 valence electrons. The molecule has 1 heteroatoms. The van der Waals surface area contributed by atoms with E-state index in [9.17, 15) is 0 Å². The van der Waals surface area contributed by atoms with Crippen LogP contribution in [0, 0.1) is 13.8 Å². The third-order valence-corrected chi connectivity index (χ3v) is 5.11. The number of fused-ring (bicyclic) bond motifs is 3. The first kappa shape index (κ1) is 13.5. The number of rotatable bonds is 1. The molecule has 0 saturated heterocycles. The Morgan fingerprint density at radius 3 is 2.04 bits per heavy atom. The van der Waals surface area contributed by atoms with E-state index < -0.39 is 0 Å². The zero-order valence-corrected chi connectivity index (χ0v) is 13.8. The van der Waals surface area contributed by atoms with Crippen LogP contribution < -0.4 is 0 Å². The minimum atomic E-state index is 1.09. The average Bonchev–Trinajstić information content (AvgIpc) is 2.97. The molecule has 3 aromatic carbocycles. The van der Waals surface area contributed by atoms with Crippen molar-refractivity contribution in [2.24, 2.45) is 0 Å². The summed E-state index contributed by atoms with van der Waals surface area (Å²) in [5, 5.41) is 2.68. The summed E-state index contributed by atoms with van der Waals surface area (Å²) in [7, 11) is 0. The SMILES string of the molecule is Cc1nc(-c2ccccc2)c(C)c2c1-c1cccc3cccc-2c13. The summed E-state index contributed by atoms with van der Waals surface area (Å²) in [6.07, 6.45) is 0. The molecule has 0 N–H and O–H groups in total. The number of pyridine rings is 1. The van der Waals surface area contributed by atoms with Gasteiger partial charge in [-0.1, -0.05) is 66.7 Å². The van der Waals surface area contributed by atoms with E-state index in [0.717, 1.165) is 11.4 Å². The minimum absolute atomic E-state index is 1.09. The second kappa shape index (κ2) is 4.78. The van der Waals surface area contributed by atoms with Crippen LogP contribution in [-0.4, -0.2) is 4.98 Å². The van der Waals surface area contributed by atoms with Crippen molar-refractivity contribution in [2.45, 2.75) is 13.8 Å². The molecule has 5 rings (SSSR count).